The molecule has 0 spiro atoms. The lowest BCUT2D eigenvalue weighted by Gasteiger charge is -2.16. The van der Waals surface area contributed by atoms with Crippen molar-refractivity contribution >= 4 is 41.2 Å². The number of unbranched alkanes of at least 4 members (excludes halogenated alkanes) is 1. The van der Waals surface area contributed by atoms with Gasteiger partial charge in [0, 0.05) is 61.2 Å². The summed E-state index contributed by atoms with van der Waals surface area (Å²) in [7, 11) is 0. The van der Waals surface area contributed by atoms with Gasteiger partial charge < -0.3 is 36.1 Å². The van der Waals surface area contributed by atoms with Crippen LogP contribution in [0.2, 0.25) is 0 Å². The summed E-state index contributed by atoms with van der Waals surface area (Å²) in [5, 5.41) is 14.7. The Balaban J connectivity index is 1.02. The van der Waals surface area contributed by atoms with E-state index in [0.29, 0.717) is 48.4 Å². The minimum absolute atomic E-state index is 0.0457. The van der Waals surface area contributed by atoms with E-state index in [0.717, 1.165) is 36.1 Å². The number of carbonyl (C=O) groups is 4. The zero-order chi connectivity index (χ0) is 32.9. The number of amides is 5. The Morgan fingerprint density at radius 2 is 1.48 bits per heavy atom. The number of urea groups is 1. The summed E-state index contributed by atoms with van der Waals surface area (Å²) in [6, 6.07) is 10.0. The van der Waals surface area contributed by atoms with Gasteiger partial charge in [-0.1, -0.05) is 18.6 Å². The molecule has 3 unspecified atom stereocenters. The number of hydrogen-bond donors (Lipinski definition) is 5. The number of ether oxygens (including phenoxy) is 2. The summed E-state index contributed by atoms with van der Waals surface area (Å²) in [5.41, 5.74) is 2.31. The van der Waals surface area contributed by atoms with Gasteiger partial charge in [-0.15, -0.1) is 0 Å². The molecule has 46 heavy (non-hydrogen) atoms. The number of fused-ring (bicyclic) bond motifs is 1. The Kier molecular flexibility index (Phi) is 13.4. The average Bonchev–Trinajstić information content (AvgIpc) is 3.57. The number of rotatable bonds is 18. The first-order valence-corrected chi connectivity index (χ1v) is 16.9. The lowest BCUT2D eigenvalue weighted by molar-refractivity contribution is -0.123. The van der Waals surface area contributed by atoms with E-state index in [1.165, 1.54) is 12.1 Å². The molecule has 2 aliphatic rings. The topological polar surface area (TPSA) is 147 Å². The fraction of sp³-hybridized carbons (Fsp3) is 0.515. The quantitative estimate of drug-likeness (QED) is 0.120. The van der Waals surface area contributed by atoms with Gasteiger partial charge in [-0.25, -0.2) is 9.18 Å². The first-order valence-electron chi connectivity index (χ1n) is 15.8. The number of thioether (sulfide) groups is 1. The molecular formula is C33H44FN5O6S. The predicted octanol–water partition coefficient (Wildman–Crippen LogP) is 3.97. The van der Waals surface area contributed by atoms with Crippen LogP contribution in [0.4, 0.5) is 14.9 Å². The highest BCUT2D eigenvalue weighted by atomic mass is 32.2. The van der Waals surface area contributed by atoms with E-state index in [9.17, 15) is 23.6 Å². The zero-order valence-corrected chi connectivity index (χ0v) is 27.2. The van der Waals surface area contributed by atoms with E-state index in [2.05, 4.69) is 26.6 Å². The summed E-state index contributed by atoms with van der Waals surface area (Å²) in [6.07, 6.45) is 3.85. The number of aryl methyl sites for hydroxylation is 2. The molecule has 0 saturated carbocycles. The molecule has 2 aliphatic heterocycles. The second-order valence-corrected chi connectivity index (χ2v) is 12.8. The normalized spacial score (nSPS) is 18.2. The van der Waals surface area contributed by atoms with Gasteiger partial charge in [0.25, 0.3) is 0 Å². The molecule has 0 radical (unpaired) electrons. The monoisotopic (exact) mass is 657 g/mol. The maximum absolute atomic E-state index is 13.4. The third-order valence-corrected chi connectivity index (χ3v) is 9.39. The second kappa shape index (κ2) is 17.6. The zero-order valence-electron chi connectivity index (χ0n) is 26.4. The van der Waals surface area contributed by atoms with E-state index >= 15 is 0 Å². The Bertz CT molecular complexity index is 1380. The summed E-state index contributed by atoms with van der Waals surface area (Å²) < 4.78 is 24.9. The van der Waals surface area contributed by atoms with E-state index in [1.54, 1.807) is 18.2 Å². The van der Waals surface area contributed by atoms with Crippen molar-refractivity contribution in [1.29, 1.82) is 0 Å². The van der Waals surface area contributed by atoms with Gasteiger partial charge in [-0.3, -0.25) is 14.4 Å². The first kappa shape index (κ1) is 34.9. The Morgan fingerprint density at radius 3 is 2.20 bits per heavy atom. The summed E-state index contributed by atoms with van der Waals surface area (Å²) in [6.45, 7) is 4.88. The highest BCUT2D eigenvalue weighted by Crippen LogP contribution is 2.33. The molecule has 5 N–H and O–H groups in total. The molecule has 3 atom stereocenters. The molecule has 250 valence electrons. The molecule has 4 rings (SSSR count). The van der Waals surface area contributed by atoms with Crippen LogP contribution < -0.4 is 36.1 Å². The average molecular weight is 658 g/mol. The lowest BCUT2D eigenvalue weighted by atomic mass is 10.0. The van der Waals surface area contributed by atoms with E-state index in [1.807, 2.05) is 31.7 Å². The molecule has 5 amide bonds. The van der Waals surface area contributed by atoms with Crippen molar-refractivity contribution in [2.75, 3.05) is 37.4 Å². The molecule has 0 bridgehead atoms. The third kappa shape index (κ3) is 11.1. The SMILES string of the molecule is Cc1ccc(F)cc1OCCOc1cc(NC(=O)CCCC(=O)NCCNC(=O)CCCCC2SCC3NC(=O)NC32)ccc1C. The van der Waals surface area contributed by atoms with Gasteiger partial charge in [-0.05, 0) is 56.4 Å². The van der Waals surface area contributed by atoms with Gasteiger partial charge in [0.15, 0.2) is 0 Å². The molecule has 13 heteroatoms. The van der Waals surface area contributed by atoms with Crippen LogP contribution in [0.5, 0.6) is 11.5 Å². The van der Waals surface area contributed by atoms with Crippen LogP contribution >= 0.6 is 11.8 Å². The van der Waals surface area contributed by atoms with E-state index < -0.39 is 0 Å². The van der Waals surface area contributed by atoms with Crippen LogP contribution in [-0.2, 0) is 14.4 Å². The maximum atomic E-state index is 13.4. The number of anilines is 1. The molecule has 0 aliphatic carbocycles. The van der Waals surface area contributed by atoms with Crippen molar-refractivity contribution in [2.45, 2.75) is 76.1 Å². The molecule has 2 heterocycles. The fourth-order valence-electron chi connectivity index (χ4n) is 5.35. The maximum Gasteiger partial charge on any atom is 0.315 e. The van der Waals surface area contributed by atoms with Crippen molar-refractivity contribution in [3.63, 3.8) is 0 Å². The van der Waals surface area contributed by atoms with E-state index in [4.69, 9.17) is 9.47 Å². The number of carbonyl (C=O) groups excluding carboxylic acids is 4. The van der Waals surface area contributed by atoms with Crippen LogP contribution in [0.15, 0.2) is 36.4 Å². The van der Waals surface area contributed by atoms with Crippen molar-refractivity contribution in [3.8, 4) is 11.5 Å². The van der Waals surface area contributed by atoms with Gasteiger partial charge in [0.2, 0.25) is 17.7 Å². The minimum atomic E-state index is -0.363. The Labute approximate surface area is 273 Å². The Morgan fingerprint density at radius 1 is 0.848 bits per heavy atom. The summed E-state index contributed by atoms with van der Waals surface area (Å²) in [5.74, 6) is 1.20. The molecule has 2 fully saturated rings. The van der Waals surface area contributed by atoms with Gasteiger partial charge in [0.1, 0.15) is 30.5 Å². The molecule has 2 aromatic rings. The third-order valence-electron chi connectivity index (χ3n) is 7.88. The number of halogens is 1. The van der Waals surface area contributed by atoms with Gasteiger partial charge in [0.05, 0.1) is 12.1 Å². The highest BCUT2D eigenvalue weighted by molar-refractivity contribution is 8.00. The molecule has 2 saturated heterocycles. The van der Waals surface area contributed by atoms with Gasteiger partial charge in [-0.2, -0.15) is 11.8 Å². The van der Waals surface area contributed by atoms with Crippen molar-refractivity contribution in [1.82, 2.24) is 21.3 Å². The van der Waals surface area contributed by atoms with Crippen molar-refractivity contribution < 1.29 is 33.0 Å². The van der Waals surface area contributed by atoms with Crippen LogP contribution in [0.1, 0.15) is 56.1 Å². The summed E-state index contributed by atoms with van der Waals surface area (Å²) in [4.78, 5) is 48.2. The Hall–Kier alpha value is -4.00. The predicted molar refractivity (Wildman–Crippen MR) is 176 cm³/mol. The van der Waals surface area contributed by atoms with E-state index in [-0.39, 0.29) is 67.7 Å². The van der Waals surface area contributed by atoms with Crippen LogP contribution in [0.3, 0.4) is 0 Å². The minimum Gasteiger partial charge on any atom is -0.490 e. The van der Waals surface area contributed by atoms with Crippen molar-refractivity contribution in [3.05, 3.63) is 53.3 Å². The van der Waals surface area contributed by atoms with Crippen LogP contribution in [0.25, 0.3) is 0 Å². The second-order valence-electron chi connectivity index (χ2n) is 11.6. The standard InChI is InChI=1S/C33H44FN5O6S/c1-21-10-12-23(34)18-26(21)44-16-17-45-27-19-24(13-11-22(27)2)37-31(42)9-5-8-30(41)36-15-14-35-29(40)7-4-3-6-28-32-25(20-46-28)38-33(43)39-32/h10-13,18-19,25,28,32H,3-9,14-17,20H2,1-2H3,(H,35,40)(H,36,41)(H,37,42)(H2,38,39,43). The molecule has 11 nitrogen and oxygen atoms in total. The van der Waals surface area contributed by atoms with Crippen LogP contribution in [0, 0.1) is 19.7 Å². The number of hydrogen-bond acceptors (Lipinski definition) is 7. The molecule has 2 aromatic carbocycles. The smallest absolute Gasteiger partial charge is 0.315 e. The van der Waals surface area contributed by atoms with Gasteiger partial charge >= 0.3 is 6.03 Å². The molecule has 0 aromatic heterocycles. The first-order chi connectivity index (χ1) is 22.2. The lowest BCUT2D eigenvalue weighted by Crippen LogP contribution is -2.36. The van der Waals surface area contributed by atoms with Crippen molar-refractivity contribution in [2.24, 2.45) is 0 Å². The molecular weight excluding hydrogens is 613 g/mol. The summed E-state index contributed by atoms with van der Waals surface area (Å²) >= 11 is 1.87. The van der Waals surface area contributed by atoms with Crippen LogP contribution in [-0.4, -0.2) is 73.1 Å². The largest absolute Gasteiger partial charge is 0.490 e. The number of nitrogens with one attached hydrogen (secondary N) is 5. The highest BCUT2D eigenvalue weighted by Gasteiger charge is 2.42. The fourth-order valence-corrected chi connectivity index (χ4v) is 6.90. The number of benzene rings is 2.